The van der Waals surface area contributed by atoms with Gasteiger partial charge >= 0.3 is 0 Å². The van der Waals surface area contributed by atoms with Crippen LogP contribution in [0, 0.1) is 25.2 Å². The molecule has 1 amide bonds. The summed E-state index contributed by atoms with van der Waals surface area (Å²) in [5.41, 5.74) is 3.55. The van der Waals surface area contributed by atoms with Gasteiger partial charge in [0.2, 0.25) is 0 Å². The van der Waals surface area contributed by atoms with Gasteiger partial charge in [-0.05, 0) is 55.9 Å². The summed E-state index contributed by atoms with van der Waals surface area (Å²) in [4.78, 5) is 24.4. The van der Waals surface area contributed by atoms with E-state index in [-0.39, 0.29) is 10.7 Å². The van der Waals surface area contributed by atoms with E-state index in [1.54, 1.807) is 38.1 Å². The highest BCUT2D eigenvalue weighted by molar-refractivity contribution is 7.80. The molecule has 0 bridgehead atoms. The predicted molar refractivity (Wildman–Crippen MR) is 95.8 cm³/mol. The van der Waals surface area contributed by atoms with Gasteiger partial charge in [-0.15, -0.1) is 0 Å². The molecule has 122 valence electrons. The van der Waals surface area contributed by atoms with E-state index >= 15 is 0 Å². The zero-order valence-electron chi connectivity index (χ0n) is 12.9. The zero-order valence-corrected chi connectivity index (χ0v) is 14.5. The van der Waals surface area contributed by atoms with Crippen LogP contribution in [0.2, 0.25) is 5.02 Å². The lowest BCUT2D eigenvalue weighted by atomic mass is 10.1. The number of carbonyl (C=O) groups is 1. The minimum absolute atomic E-state index is 0.0112. The van der Waals surface area contributed by atoms with E-state index in [1.165, 1.54) is 6.07 Å². The lowest BCUT2D eigenvalue weighted by Crippen LogP contribution is -2.43. The number of amides is 1. The Labute approximate surface area is 148 Å². The second kappa shape index (κ2) is 7.25. The summed E-state index contributed by atoms with van der Waals surface area (Å²) in [5, 5.41) is 11.9. The van der Waals surface area contributed by atoms with Crippen molar-refractivity contribution in [2.75, 3.05) is 5.43 Å². The molecule has 0 saturated heterocycles. The predicted octanol–water partition coefficient (Wildman–Crippen LogP) is 2.25. The molecule has 0 saturated carbocycles. The number of carbonyl (C=O) groups excluding carboxylic acids is 1. The molecule has 0 aliphatic carbocycles. The van der Waals surface area contributed by atoms with E-state index in [9.17, 15) is 9.59 Å². The van der Waals surface area contributed by atoms with Crippen LogP contribution in [0.4, 0.5) is 0 Å². The van der Waals surface area contributed by atoms with E-state index in [0.717, 1.165) is 4.68 Å². The second-order valence-corrected chi connectivity index (χ2v) is 5.85. The van der Waals surface area contributed by atoms with Gasteiger partial charge in [0, 0.05) is 16.3 Å². The van der Waals surface area contributed by atoms with Crippen LogP contribution in [0.25, 0.3) is 0 Å². The molecule has 2 aromatic rings. The molecule has 0 aliphatic rings. The van der Waals surface area contributed by atoms with E-state index < -0.39 is 11.5 Å². The molecule has 2 N–H and O–H groups in total. The second-order valence-electron chi connectivity index (χ2n) is 5.00. The van der Waals surface area contributed by atoms with Crippen molar-refractivity contribution in [1.82, 2.24) is 9.99 Å². The third-order valence-electron chi connectivity index (χ3n) is 3.23. The van der Waals surface area contributed by atoms with Crippen LogP contribution < -0.4 is 16.3 Å². The first-order valence-corrected chi connectivity index (χ1v) is 7.63. The first kappa shape index (κ1) is 17.7. The molecule has 0 aliphatic heterocycles. The van der Waals surface area contributed by atoms with Crippen LogP contribution in [0.3, 0.4) is 0 Å². The maximum Gasteiger partial charge on any atom is 0.287 e. The van der Waals surface area contributed by atoms with Crippen molar-refractivity contribution in [3.8, 4) is 6.07 Å². The Morgan fingerprint density at radius 2 is 2.04 bits per heavy atom. The third kappa shape index (κ3) is 3.79. The van der Waals surface area contributed by atoms with E-state index in [0.29, 0.717) is 21.8 Å². The van der Waals surface area contributed by atoms with Crippen LogP contribution in [0.15, 0.2) is 35.1 Å². The molecule has 6 nitrogen and oxygen atoms in total. The molecule has 1 heterocycles. The van der Waals surface area contributed by atoms with E-state index in [4.69, 9.17) is 29.1 Å². The molecule has 2 rings (SSSR count). The Morgan fingerprint density at radius 1 is 1.33 bits per heavy atom. The number of pyridine rings is 1. The van der Waals surface area contributed by atoms with Gasteiger partial charge < -0.3 is 0 Å². The Bertz CT molecular complexity index is 931. The summed E-state index contributed by atoms with van der Waals surface area (Å²) in [6, 6.07) is 9.90. The van der Waals surface area contributed by atoms with Gasteiger partial charge in [-0.25, -0.2) is 4.68 Å². The van der Waals surface area contributed by atoms with Gasteiger partial charge in [-0.2, -0.15) is 5.26 Å². The standard InChI is InChI=1S/C16H13ClN4O2S/c1-9-6-10(2)21(15(23)13(9)8-18)20-16(24)19-14(22)11-4-3-5-12(17)7-11/h3-7H,1-2H3,(H2,19,20,22,24). The summed E-state index contributed by atoms with van der Waals surface area (Å²) in [6.45, 7) is 3.36. The number of nitrogens with one attached hydrogen (secondary N) is 2. The number of rotatable bonds is 2. The molecule has 8 heteroatoms. The highest BCUT2D eigenvalue weighted by Gasteiger charge is 2.13. The Balaban J connectivity index is 2.21. The van der Waals surface area contributed by atoms with Crippen molar-refractivity contribution in [3.05, 3.63) is 68.1 Å². The number of thiocarbonyl (C=S) groups is 1. The highest BCUT2D eigenvalue weighted by atomic mass is 35.5. The molecular formula is C16H13ClN4O2S. The fourth-order valence-corrected chi connectivity index (χ4v) is 2.47. The molecule has 0 spiro atoms. The van der Waals surface area contributed by atoms with Crippen molar-refractivity contribution in [1.29, 1.82) is 5.26 Å². The first-order valence-electron chi connectivity index (χ1n) is 6.84. The normalized spacial score (nSPS) is 9.92. The summed E-state index contributed by atoms with van der Waals surface area (Å²) in [7, 11) is 0. The van der Waals surface area contributed by atoms with Crippen molar-refractivity contribution in [2.24, 2.45) is 0 Å². The van der Waals surface area contributed by atoms with E-state index in [2.05, 4.69) is 10.7 Å². The molecule has 1 aromatic heterocycles. The quantitative estimate of drug-likeness (QED) is 0.802. The van der Waals surface area contributed by atoms with Crippen molar-refractivity contribution in [2.45, 2.75) is 13.8 Å². The Hall–Kier alpha value is -2.69. The van der Waals surface area contributed by atoms with Crippen LogP contribution in [0.5, 0.6) is 0 Å². The van der Waals surface area contributed by atoms with Crippen LogP contribution >= 0.6 is 23.8 Å². The zero-order chi connectivity index (χ0) is 17.9. The number of hydrogen-bond acceptors (Lipinski definition) is 4. The van der Waals surface area contributed by atoms with Crippen LogP contribution in [-0.4, -0.2) is 15.7 Å². The average molecular weight is 361 g/mol. The Morgan fingerprint density at radius 3 is 2.67 bits per heavy atom. The largest absolute Gasteiger partial charge is 0.298 e. The van der Waals surface area contributed by atoms with Gasteiger partial charge in [-0.1, -0.05) is 17.7 Å². The van der Waals surface area contributed by atoms with Gasteiger partial charge in [0.05, 0.1) is 0 Å². The number of halogens is 1. The van der Waals surface area contributed by atoms with Crippen LogP contribution in [0.1, 0.15) is 27.2 Å². The minimum Gasteiger partial charge on any atom is -0.298 e. The smallest absolute Gasteiger partial charge is 0.287 e. The number of benzene rings is 1. The minimum atomic E-state index is -0.533. The van der Waals surface area contributed by atoms with Gasteiger partial charge in [0.15, 0.2) is 5.11 Å². The number of nitrogens with zero attached hydrogens (tertiary/aromatic N) is 2. The maximum atomic E-state index is 12.3. The lowest BCUT2D eigenvalue weighted by molar-refractivity contribution is 0.0977. The summed E-state index contributed by atoms with van der Waals surface area (Å²) >= 11 is 10.9. The number of aromatic nitrogens is 1. The van der Waals surface area contributed by atoms with Gasteiger partial charge in [0.25, 0.3) is 11.5 Å². The fourth-order valence-electron chi connectivity index (χ4n) is 2.10. The lowest BCUT2D eigenvalue weighted by Gasteiger charge is -2.15. The number of aryl methyl sites for hydroxylation is 2. The SMILES string of the molecule is Cc1cc(C)n(NC(=S)NC(=O)c2cccc(Cl)c2)c(=O)c1C#N. The molecule has 0 unspecified atom stereocenters. The first-order chi connectivity index (χ1) is 11.3. The van der Waals surface area contributed by atoms with Crippen molar-refractivity contribution < 1.29 is 4.79 Å². The van der Waals surface area contributed by atoms with Gasteiger partial charge in [0.1, 0.15) is 11.6 Å². The molecule has 24 heavy (non-hydrogen) atoms. The fraction of sp³-hybridized carbons (Fsp3) is 0.125. The van der Waals surface area contributed by atoms with Crippen molar-refractivity contribution >= 4 is 34.8 Å². The third-order valence-corrected chi connectivity index (χ3v) is 3.66. The Kier molecular flexibility index (Phi) is 5.34. The monoisotopic (exact) mass is 360 g/mol. The topological polar surface area (TPSA) is 86.9 Å². The summed E-state index contributed by atoms with van der Waals surface area (Å²) < 4.78 is 1.12. The average Bonchev–Trinajstić information content (AvgIpc) is 2.51. The summed E-state index contributed by atoms with van der Waals surface area (Å²) in [5.74, 6) is -0.465. The molecule has 0 radical (unpaired) electrons. The van der Waals surface area contributed by atoms with Gasteiger partial charge in [-0.3, -0.25) is 20.3 Å². The number of hydrogen-bond donors (Lipinski definition) is 2. The summed E-state index contributed by atoms with van der Waals surface area (Å²) in [6.07, 6.45) is 0. The molecule has 1 aromatic carbocycles. The molecular weight excluding hydrogens is 348 g/mol. The molecule has 0 atom stereocenters. The molecule has 0 fully saturated rings. The van der Waals surface area contributed by atoms with Crippen molar-refractivity contribution in [3.63, 3.8) is 0 Å². The maximum absolute atomic E-state index is 12.3. The highest BCUT2D eigenvalue weighted by Crippen LogP contribution is 2.10. The number of nitriles is 1. The van der Waals surface area contributed by atoms with Crippen LogP contribution in [-0.2, 0) is 0 Å². The van der Waals surface area contributed by atoms with E-state index in [1.807, 2.05) is 6.07 Å².